The van der Waals surface area contributed by atoms with Gasteiger partial charge in [0.2, 0.25) is 10.0 Å². The third kappa shape index (κ3) is 2.99. The molecule has 0 amide bonds. The molecule has 4 nitrogen and oxygen atoms in total. The summed E-state index contributed by atoms with van der Waals surface area (Å²) >= 11 is 9.08. The van der Waals surface area contributed by atoms with E-state index in [1.54, 1.807) is 6.07 Å². The summed E-state index contributed by atoms with van der Waals surface area (Å²) in [5.74, 6) is 0. The van der Waals surface area contributed by atoms with Crippen LogP contribution in [0.3, 0.4) is 0 Å². The molecule has 0 aliphatic heterocycles. The first-order valence-corrected chi connectivity index (χ1v) is 7.24. The lowest BCUT2D eigenvalue weighted by atomic mass is 10.4. The second-order valence-electron chi connectivity index (χ2n) is 3.40. The number of halogens is 2. The normalized spacial score (nSPS) is 13.4. The Balaban J connectivity index is 3.28. The maximum Gasteiger partial charge on any atom is 0.245 e. The molecule has 0 aliphatic rings. The van der Waals surface area contributed by atoms with Crippen molar-refractivity contribution in [2.75, 3.05) is 7.05 Å². The van der Waals surface area contributed by atoms with Crippen LogP contribution in [0, 0.1) is 11.3 Å². The summed E-state index contributed by atoms with van der Waals surface area (Å²) in [5, 5.41) is 8.85. The van der Waals surface area contributed by atoms with E-state index < -0.39 is 16.1 Å². The summed E-state index contributed by atoms with van der Waals surface area (Å²) in [6.07, 6.45) is 0. The SMILES string of the molecule is CC(C#N)N(C)S(=O)(=O)c1ccc(Br)cc1Cl. The number of rotatable bonds is 3. The monoisotopic (exact) mass is 336 g/mol. The van der Waals surface area contributed by atoms with Crippen LogP contribution in [-0.4, -0.2) is 25.8 Å². The van der Waals surface area contributed by atoms with E-state index in [4.69, 9.17) is 16.9 Å². The minimum Gasteiger partial charge on any atom is -0.207 e. The van der Waals surface area contributed by atoms with E-state index in [2.05, 4.69) is 15.9 Å². The van der Waals surface area contributed by atoms with E-state index in [0.29, 0.717) is 4.47 Å². The van der Waals surface area contributed by atoms with E-state index >= 15 is 0 Å². The van der Waals surface area contributed by atoms with Crippen molar-refractivity contribution in [3.05, 3.63) is 27.7 Å². The molecule has 0 aliphatic carbocycles. The molecule has 7 heteroatoms. The zero-order valence-corrected chi connectivity index (χ0v) is 12.3. The second kappa shape index (κ2) is 5.36. The number of hydrogen-bond donors (Lipinski definition) is 0. The van der Waals surface area contributed by atoms with Gasteiger partial charge in [-0.2, -0.15) is 9.57 Å². The lowest BCUT2D eigenvalue weighted by Gasteiger charge is -2.19. The average molecular weight is 338 g/mol. The van der Waals surface area contributed by atoms with Crippen LogP contribution in [0.1, 0.15) is 6.92 Å². The fraction of sp³-hybridized carbons (Fsp3) is 0.300. The number of hydrogen-bond acceptors (Lipinski definition) is 3. The topological polar surface area (TPSA) is 61.2 Å². The number of sulfonamides is 1. The quantitative estimate of drug-likeness (QED) is 0.852. The van der Waals surface area contributed by atoms with E-state index in [-0.39, 0.29) is 9.92 Å². The minimum absolute atomic E-state index is 0.00744. The van der Waals surface area contributed by atoms with Gasteiger partial charge in [0.25, 0.3) is 0 Å². The molecule has 0 fully saturated rings. The van der Waals surface area contributed by atoms with Crippen LogP contribution in [0.2, 0.25) is 5.02 Å². The fourth-order valence-electron chi connectivity index (χ4n) is 1.13. The molecule has 0 bridgehead atoms. The van der Waals surface area contributed by atoms with Gasteiger partial charge in [-0.1, -0.05) is 27.5 Å². The van der Waals surface area contributed by atoms with Gasteiger partial charge in [-0.3, -0.25) is 0 Å². The molecule has 1 atom stereocenters. The van der Waals surface area contributed by atoms with Crippen LogP contribution >= 0.6 is 27.5 Å². The molecule has 0 heterocycles. The van der Waals surface area contributed by atoms with Crippen LogP contribution in [0.5, 0.6) is 0 Å². The smallest absolute Gasteiger partial charge is 0.207 e. The fourth-order valence-corrected chi connectivity index (χ4v) is 3.41. The van der Waals surface area contributed by atoms with Gasteiger partial charge in [-0.15, -0.1) is 0 Å². The van der Waals surface area contributed by atoms with Gasteiger partial charge in [0.05, 0.1) is 11.1 Å². The highest BCUT2D eigenvalue weighted by Gasteiger charge is 2.27. The van der Waals surface area contributed by atoms with Crippen molar-refractivity contribution in [2.45, 2.75) is 17.9 Å². The number of benzene rings is 1. The summed E-state index contributed by atoms with van der Waals surface area (Å²) in [6, 6.07) is 5.61. The van der Waals surface area contributed by atoms with E-state index in [9.17, 15) is 8.42 Å². The Morgan fingerprint density at radius 3 is 2.59 bits per heavy atom. The molecular weight excluding hydrogens is 328 g/mol. The Morgan fingerprint density at radius 1 is 1.53 bits per heavy atom. The maximum atomic E-state index is 12.1. The lowest BCUT2D eigenvalue weighted by Crippen LogP contribution is -2.34. The molecule has 92 valence electrons. The molecule has 0 saturated carbocycles. The summed E-state index contributed by atoms with van der Waals surface area (Å²) in [5.41, 5.74) is 0. The molecule has 1 aromatic carbocycles. The van der Waals surface area contributed by atoms with Crippen molar-refractivity contribution in [1.29, 1.82) is 5.26 Å². The first-order valence-electron chi connectivity index (χ1n) is 4.63. The molecule has 17 heavy (non-hydrogen) atoms. The predicted molar refractivity (Wildman–Crippen MR) is 69.2 cm³/mol. The zero-order valence-electron chi connectivity index (χ0n) is 9.18. The van der Waals surface area contributed by atoms with Gasteiger partial charge in [0.15, 0.2) is 0 Å². The molecule has 0 saturated heterocycles. The molecule has 1 rings (SSSR count). The molecular formula is C10H10BrClN2O2S. The van der Waals surface area contributed by atoms with Gasteiger partial charge < -0.3 is 0 Å². The Kier molecular flexibility index (Phi) is 4.55. The first-order chi connectivity index (χ1) is 7.80. The average Bonchev–Trinajstić information content (AvgIpc) is 2.26. The van der Waals surface area contributed by atoms with Crippen molar-refractivity contribution in [3.63, 3.8) is 0 Å². The van der Waals surface area contributed by atoms with Crippen LogP contribution in [-0.2, 0) is 10.0 Å². The molecule has 0 radical (unpaired) electrons. The molecule has 1 unspecified atom stereocenters. The van der Waals surface area contributed by atoms with Crippen molar-refractivity contribution in [1.82, 2.24) is 4.31 Å². The highest BCUT2D eigenvalue weighted by Crippen LogP contribution is 2.27. The second-order valence-corrected chi connectivity index (χ2v) is 6.69. The van der Waals surface area contributed by atoms with Gasteiger partial charge in [-0.05, 0) is 25.1 Å². The Labute approximate surface area is 114 Å². The summed E-state index contributed by atoms with van der Waals surface area (Å²) in [4.78, 5) is -0.00744. The summed E-state index contributed by atoms with van der Waals surface area (Å²) in [7, 11) is -2.39. The lowest BCUT2D eigenvalue weighted by molar-refractivity contribution is 0.442. The third-order valence-corrected chi connectivity index (χ3v) is 5.19. The van der Waals surface area contributed by atoms with Crippen LogP contribution in [0.15, 0.2) is 27.6 Å². The Bertz CT molecular complexity index is 568. The summed E-state index contributed by atoms with van der Waals surface area (Å²) < 4.78 is 26.0. The van der Waals surface area contributed by atoms with E-state index in [1.165, 1.54) is 26.1 Å². The molecule has 0 N–H and O–H groups in total. The van der Waals surface area contributed by atoms with Crippen molar-refractivity contribution in [3.8, 4) is 6.07 Å². The Hall–Kier alpha value is -0.610. The van der Waals surface area contributed by atoms with E-state index in [0.717, 1.165) is 4.31 Å². The third-order valence-electron chi connectivity index (χ3n) is 2.28. The standard InChI is InChI=1S/C10H10BrClN2O2S/c1-7(6-13)14(2)17(15,16)10-4-3-8(11)5-9(10)12/h3-5,7H,1-2H3. The van der Waals surface area contributed by atoms with Gasteiger partial charge in [0.1, 0.15) is 10.9 Å². The molecule has 0 aromatic heterocycles. The van der Waals surface area contributed by atoms with Gasteiger partial charge in [0, 0.05) is 11.5 Å². The first kappa shape index (κ1) is 14.5. The Morgan fingerprint density at radius 2 is 2.12 bits per heavy atom. The van der Waals surface area contributed by atoms with Crippen LogP contribution in [0.25, 0.3) is 0 Å². The van der Waals surface area contributed by atoms with Crippen molar-refractivity contribution in [2.24, 2.45) is 0 Å². The number of nitrogens with zero attached hydrogens (tertiary/aromatic N) is 2. The van der Waals surface area contributed by atoms with Crippen molar-refractivity contribution >= 4 is 37.6 Å². The predicted octanol–water partition coefficient (Wildman–Crippen LogP) is 2.64. The largest absolute Gasteiger partial charge is 0.245 e. The molecule has 1 aromatic rings. The highest BCUT2D eigenvalue weighted by molar-refractivity contribution is 9.10. The maximum absolute atomic E-state index is 12.1. The van der Waals surface area contributed by atoms with Crippen LogP contribution < -0.4 is 0 Å². The highest BCUT2D eigenvalue weighted by atomic mass is 79.9. The van der Waals surface area contributed by atoms with Gasteiger partial charge >= 0.3 is 0 Å². The summed E-state index contributed by atoms with van der Waals surface area (Å²) in [6.45, 7) is 1.50. The van der Waals surface area contributed by atoms with Crippen molar-refractivity contribution < 1.29 is 8.42 Å². The van der Waals surface area contributed by atoms with Gasteiger partial charge in [-0.25, -0.2) is 8.42 Å². The zero-order chi connectivity index (χ0) is 13.2. The van der Waals surface area contributed by atoms with E-state index in [1.807, 2.05) is 6.07 Å². The minimum atomic E-state index is -3.74. The number of nitriles is 1. The van der Waals surface area contributed by atoms with Crippen LogP contribution in [0.4, 0.5) is 0 Å². The molecule has 0 spiro atoms.